The molecular formula is C30H38F2O2. The fourth-order valence-corrected chi connectivity index (χ4v) is 5.75. The summed E-state index contributed by atoms with van der Waals surface area (Å²) in [7, 11) is 0. The first kappa shape index (κ1) is 24.9. The van der Waals surface area contributed by atoms with Crippen LogP contribution in [-0.4, -0.2) is 13.2 Å². The molecule has 4 heteroatoms. The van der Waals surface area contributed by atoms with Gasteiger partial charge in [0.05, 0.1) is 19.3 Å². The van der Waals surface area contributed by atoms with Crippen molar-refractivity contribution in [3.05, 3.63) is 65.7 Å². The lowest BCUT2D eigenvalue weighted by molar-refractivity contribution is -0.0404. The normalized spacial score (nSPS) is 25.5. The zero-order chi connectivity index (χ0) is 23.9. The van der Waals surface area contributed by atoms with Gasteiger partial charge in [-0.3, -0.25) is 0 Å². The van der Waals surface area contributed by atoms with E-state index in [4.69, 9.17) is 9.47 Å². The molecule has 0 amide bonds. The van der Waals surface area contributed by atoms with Crippen molar-refractivity contribution in [2.75, 3.05) is 13.2 Å². The summed E-state index contributed by atoms with van der Waals surface area (Å²) < 4.78 is 40.3. The van der Waals surface area contributed by atoms with E-state index in [0.717, 1.165) is 30.4 Å². The Hall–Kier alpha value is -2.20. The van der Waals surface area contributed by atoms with Crippen molar-refractivity contribution < 1.29 is 18.3 Å². The number of benzene rings is 2. The highest BCUT2D eigenvalue weighted by atomic mass is 19.2. The maximum Gasteiger partial charge on any atom is 0.201 e. The van der Waals surface area contributed by atoms with E-state index in [2.05, 4.69) is 19.1 Å². The lowest BCUT2D eigenvalue weighted by atomic mass is 9.72. The maximum atomic E-state index is 14.6. The van der Waals surface area contributed by atoms with Gasteiger partial charge in [0.2, 0.25) is 5.82 Å². The number of rotatable bonds is 8. The highest BCUT2D eigenvalue weighted by molar-refractivity contribution is 5.65. The summed E-state index contributed by atoms with van der Waals surface area (Å²) in [6, 6.07) is 10.8. The van der Waals surface area contributed by atoms with E-state index in [1.807, 2.05) is 24.3 Å². The molecule has 0 bridgehead atoms. The van der Waals surface area contributed by atoms with Gasteiger partial charge in [0, 0.05) is 5.56 Å². The number of allylic oxidation sites excluding steroid dienone is 2. The van der Waals surface area contributed by atoms with E-state index < -0.39 is 11.6 Å². The van der Waals surface area contributed by atoms with Crippen LogP contribution in [0.15, 0.2) is 48.6 Å². The lowest BCUT2D eigenvalue weighted by Crippen LogP contribution is -2.29. The van der Waals surface area contributed by atoms with Crippen molar-refractivity contribution in [2.45, 2.75) is 71.3 Å². The number of hydrogen-bond donors (Lipinski definition) is 0. The Bertz CT molecular complexity index is 937. The second kappa shape index (κ2) is 12.0. The Kier molecular flexibility index (Phi) is 8.77. The predicted molar refractivity (Wildman–Crippen MR) is 134 cm³/mol. The summed E-state index contributed by atoms with van der Waals surface area (Å²) in [6.07, 6.45) is 14.8. The highest BCUT2D eigenvalue weighted by Crippen LogP contribution is 2.41. The van der Waals surface area contributed by atoms with E-state index in [1.54, 1.807) is 13.0 Å². The molecule has 4 rings (SSSR count). The quantitative estimate of drug-likeness (QED) is 0.361. The van der Waals surface area contributed by atoms with Crippen LogP contribution >= 0.6 is 0 Å². The molecule has 184 valence electrons. The molecule has 0 N–H and O–H groups in total. The molecule has 2 aliphatic rings. The third-order valence-electron chi connectivity index (χ3n) is 7.79. The minimum absolute atomic E-state index is 0.0485. The van der Waals surface area contributed by atoms with Gasteiger partial charge in [-0.25, -0.2) is 4.39 Å². The Morgan fingerprint density at radius 2 is 1.65 bits per heavy atom. The molecule has 2 unspecified atom stereocenters. The Labute approximate surface area is 203 Å². The smallest absolute Gasteiger partial charge is 0.201 e. The topological polar surface area (TPSA) is 18.5 Å². The first-order valence-corrected chi connectivity index (χ1v) is 13.0. The molecule has 2 atom stereocenters. The van der Waals surface area contributed by atoms with Crippen molar-refractivity contribution in [3.8, 4) is 16.9 Å². The molecule has 0 radical (unpaired) electrons. The Balaban J connectivity index is 1.30. The summed E-state index contributed by atoms with van der Waals surface area (Å²) >= 11 is 0. The zero-order valence-electron chi connectivity index (χ0n) is 20.6. The summed E-state index contributed by atoms with van der Waals surface area (Å²) in [4.78, 5) is 0. The van der Waals surface area contributed by atoms with Gasteiger partial charge in [-0.1, -0.05) is 49.3 Å². The van der Waals surface area contributed by atoms with Crippen LogP contribution in [0.5, 0.6) is 5.75 Å². The monoisotopic (exact) mass is 468 g/mol. The van der Waals surface area contributed by atoms with E-state index in [9.17, 15) is 8.78 Å². The van der Waals surface area contributed by atoms with Crippen LogP contribution in [0, 0.1) is 29.4 Å². The molecule has 1 aliphatic heterocycles. The largest absolute Gasteiger partial charge is 0.491 e. The van der Waals surface area contributed by atoms with Crippen molar-refractivity contribution >= 4 is 0 Å². The van der Waals surface area contributed by atoms with Gasteiger partial charge in [-0.15, -0.1) is 0 Å². The molecule has 1 heterocycles. The second-order valence-electron chi connectivity index (χ2n) is 9.88. The number of halogens is 2. The number of ether oxygens (including phenoxy) is 2. The summed E-state index contributed by atoms with van der Waals surface area (Å²) in [5, 5.41) is 0. The second-order valence-corrected chi connectivity index (χ2v) is 9.88. The van der Waals surface area contributed by atoms with Gasteiger partial charge in [-0.05, 0) is 93.4 Å². The molecule has 34 heavy (non-hydrogen) atoms. The molecule has 1 saturated heterocycles. The highest BCUT2D eigenvalue weighted by Gasteiger charge is 2.31. The Morgan fingerprint density at radius 3 is 2.29 bits per heavy atom. The molecule has 0 aromatic heterocycles. The van der Waals surface area contributed by atoms with Crippen LogP contribution in [0.25, 0.3) is 11.1 Å². The molecule has 2 aromatic rings. The average molecular weight is 469 g/mol. The fourth-order valence-electron chi connectivity index (χ4n) is 5.75. The fraction of sp³-hybridized carbons (Fsp3) is 0.533. The minimum atomic E-state index is -0.933. The van der Waals surface area contributed by atoms with Crippen LogP contribution in [0.2, 0.25) is 0 Å². The van der Waals surface area contributed by atoms with E-state index in [1.165, 1.54) is 51.0 Å². The molecule has 2 nitrogen and oxygen atoms in total. The average Bonchev–Trinajstić information content (AvgIpc) is 2.88. The van der Waals surface area contributed by atoms with Crippen LogP contribution in [0.1, 0.15) is 76.9 Å². The zero-order valence-corrected chi connectivity index (χ0v) is 20.6. The van der Waals surface area contributed by atoms with Gasteiger partial charge in [0.1, 0.15) is 0 Å². The molecule has 1 aliphatic carbocycles. The number of hydrogen-bond acceptors (Lipinski definition) is 2. The SMILES string of the molecule is CC=CCCC1CCC(C2CCC(c3ccc(-c4ccc(OCC)c(F)c4F)cc3)OC2)CC1. The molecular weight excluding hydrogens is 430 g/mol. The summed E-state index contributed by atoms with van der Waals surface area (Å²) in [5.41, 5.74) is 2.02. The van der Waals surface area contributed by atoms with Gasteiger partial charge in [-0.2, -0.15) is 4.39 Å². The van der Waals surface area contributed by atoms with Gasteiger partial charge >= 0.3 is 0 Å². The van der Waals surface area contributed by atoms with Crippen molar-refractivity contribution in [3.63, 3.8) is 0 Å². The predicted octanol–water partition coefficient (Wildman–Crippen LogP) is 8.66. The third kappa shape index (κ3) is 5.89. The third-order valence-corrected chi connectivity index (χ3v) is 7.79. The minimum Gasteiger partial charge on any atom is -0.491 e. The Morgan fingerprint density at radius 1 is 0.912 bits per heavy atom. The standard InChI is InChI=1S/C30H38F2O2/c1-3-5-6-7-21-8-10-22(11-9-21)25-16-18-27(34-20-25)24-14-12-23(13-15-24)26-17-19-28(33-4-2)30(32)29(26)31/h3,5,12-15,17,19,21-22,25,27H,4,6-11,16,18,20H2,1-2H3. The first-order valence-electron chi connectivity index (χ1n) is 13.0. The lowest BCUT2D eigenvalue weighted by Gasteiger charge is -2.38. The molecule has 1 saturated carbocycles. The van der Waals surface area contributed by atoms with Crippen LogP contribution < -0.4 is 4.74 Å². The molecule has 2 aromatic carbocycles. The van der Waals surface area contributed by atoms with Crippen molar-refractivity contribution in [1.29, 1.82) is 0 Å². The maximum absolute atomic E-state index is 14.6. The van der Waals surface area contributed by atoms with E-state index in [0.29, 0.717) is 18.1 Å². The van der Waals surface area contributed by atoms with E-state index >= 15 is 0 Å². The van der Waals surface area contributed by atoms with Crippen LogP contribution in [0.3, 0.4) is 0 Å². The van der Waals surface area contributed by atoms with Gasteiger partial charge < -0.3 is 9.47 Å². The van der Waals surface area contributed by atoms with Gasteiger partial charge in [0.25, 0.3) is 0 Å². The van der Waals surface area contributed by atoms with Gasteiger partial charge in [0.15, 0.2) is 11.6 Å². The molecule has 2 fully saturated rings. The first-order chi connectivity index (χ1) is 16.6. The van der Waals surface area contributed by atoms with Crippen molar-refractivity contribution in [2.24, 2.45) is 17.8 Å². The van der Waals surface area contributed by atoms with Crippen LogP contribution in [0.4, 0.5) is 8.78 Å². The summed E-state index contributed by atoms with van der Waals surface area (Å²) in [6.45, 7) is 4.98. The van der Waals surface area contributed by atoms with Crippen LogP contribution in [-0.2, 0) is 4.74 Å². The summed E-state index contributed by atoms with van der Waals surface area (Å²) in [5.74, 6) is 0.528. The van der Waals surface area contributed by atoms with E-state index in [-0.39, 0.29) is 17.4 Å². The van der Waals surface area contributed by atoms with Crippen molar-refractivity contribution in [1.82, 2.24) is 0 Å². The molecule has 0 spiro atoms.